The van der Waals surface area contributed by atoms with Crippen molar-refractivity contribution in [1.82, 2.24) is 0 Å². The lowest BCUT2D eigenvalue weighted by atomic mass is 9.99. The van der Waals surface area contributed by atoms with Crippen molar-refractivity contribution in [2.45, 2.75) is 44.8 Å². The van der Waals surface area contributed by atoms with Gasteiger partial charge < -0.3 is 14.7 Å². The Morgan fingerprint density at radius 2 is 2.05 bits per heavy atom. The molecule has 2 aliphatic heterocycles. The standard InChI is InChI=1S/C16H19NO4/c1-10-4-5-11-3-2-8-17(12(11)9-10)15(18)13-6-7-14(21-13)16(19)20/h4-5,9,13-14H,2-3,6-8H2,1H3,(H,19,20)/t13-,14+/m0/s1. The highest BCUT2D eigenvalue weighted by Crippen LogP contribution is 2.31. The molecule has 0 aromatic heterocycles. The number of hydrogen-bond acceptors (Lipinski definition) is 3. The summed E-state index contributed by atoms with van der Waals surface area (Å²) < 4.78 is 5.39. The average Bonchev–Trinajstić information content (AvgIpc) is 2.96. The minimum Gasteiger partial charge on any atom is -0.479 e. The number of rotatable bonds is 2. The number of carboxylic acids is 1. The van der Waals surface area contributed by atoms with Crippen molar-refractivity contribution in [3.8, 4) is 0 Å². The van der Waals surface area contributed by atoms with Crippen LogP contribution in [-0.2, 0) is 20.7 Å². The molecule has 0 spiro atoms. The van der Waals surface area contributed by atoms with E-state index in [0.717, 1.165) is 24.1 Å². The average molecular weight is 289 g/mol. The van der Waals surface area contributed by atoms with Gasteiger partial charge in [0, 0.05) is 12.2 Å². The van der Waals surface area contributed by atoms with E-state index >= 15 is 0 Å². The molecule has 0 radical (unpaired) electrons. The van der Waals surface area contributed by atoms with E-state index in [-0.39, 0.29) is 5.91 Å². The van der Waals surface area contributed by atoms with E-state index in [1.807, 2.05) is 13.0 Å². The van der Waals surface area contributed by atoms with Gasteiger partial charge in [-0.3, -0.25) is 4.79 Å². The summed E-state index contributed by atoms with van der Waals surface area (Å²) in [5, 5.41) is 8.97. The minimum atomic E-state index is -0.986. The lowest BCUT2D eigenvalue weighted by Gasteiger charge is -2.31. The Morgan fingerprint density at radius 1 is 1.29 bits per heavy atom. The SMILES string of the molecule is Cc1ccc2c(c1)N(C(=O)[C@@H]1CC[C@H](C(=O)O)O1)CCC2. The second kappa shape index (κ2) is 5.48. The van der Waals surface area contributed by atoms with E-state index in [9.17, 15) is 9.59 Å². The number of anilines is 1. The topological polar surface area (TPSA) is 66.8 Å². The monoisotopic (exact) mass is 289 g/mol. The Kier molecular flexibility index (Phi) is 3.68. The molecule has 0 bridgehead atoms. The van der Waals surface area contributed by atoms with E-state index in [0.29, 0.717) is 19.4 Å². The van der Waals surface area contributed by atoms with Gasteiger partial charge in [-0.05, 0) is 49.8 Å². The fourth-order valence-electron chi connectivity index (χ4n) is 3.09. The highest BCUT2D eigenvalue weighted by atomic mass is 16.5. The van der Waals surface area contributed by atoms with Crippen LogP contribution >= 0.6 is 0 Å². The molecule has 1 N–H and O–H groups in total. The van der Waals surface area contributed by atoms with Crippen LogP contribution in [0.2, 0.25) is 0 Å². The predicted molar refractivity (Wildman–Crippen MR) is 77.4 cm³/mol. The van der Waals surface area contributed by atoms with E-state index < -0.39 is 18.2 Å². The van der Waals surface area contributed by atoms with Gasteiger partial charge in [-0.25, -0.2) is 4.79 Å². The molecule has 3 rings (SSSR count). The molecule has 2 atom stereocenters. The number of benzene rings is 1. The van der Waals surface area contributed by atoms with Crippen molar-refractivity contribution in [2.75, 3.05) is 11.4 Å². The highest BCUT2D eigenvalue weighted by Gasteiger charge is 2.38. The first-order valence-electron chi connectivity index (χ1n) is 7.35. The number of nitrogens with zero attached hydrogens (tertiary/aromatic N) is 1. The van der Waals surface area contributed by atoms with Crippen molar-refractivity contribution in [3.05, 3.63) is 29.3 Å². The highest BCUT2D eigenvalue weighted by molar-refractivity contribution is 5.98. The van der Waals surface area contributed by atoms with Crippen molar-refractivity contribution in [3.63, 3.8) is 0 Å². The van der Waals surface area contributed by atoms with Crippen LogP contribution in [0.4, 0.5) is 5.69 Å². The smallest absolute Gasteiger partial charge is 0.332 e. The van der Waals surface area contributed by atoms with Crippen LogP contribution in [0.25, 0.3) is 0 Å². The molecule has 21 heavy (non-hydrogen) atoms. The second-order valence-corrected chi connectivity index (χ2v) is 5.75. The number of hydrogen-bond donors (Lipinski definition) is 1. The molecule has 1 saturated heterocycles. The number of fused-ring (bicyclic) bond motifs is 1. The van der Waals surface area contributed by atoms with Crippen molar-refractivity contribution >= 4 is 17.6 Å². The summed E-state index contributed by atoms with van der Waals surface area (Å²) >= 11 is 0. The predicted octanol–water partition coefficient (Wildman–Crippen LogP) is 1.91. The van der Waals surface area contributed by atoms with Crippen LogP contribution in [0.5, 0.6) is 0 Å². The molecule has 112 valence electrons. The molecule has 0 saturated carbocycles. The fraction of sp³-hybridized carbons (Fsp3) is 0.500. The molecule has 1 aromatic carbocycles. The van der Waals surface area contributed by atoms with Crippen molar-refractivity contribution in [1.29, 1.82) is 0 Å². The third kappa shape index (κ3) is 2.65. The summed E-state index contributed by atoms with van der Waals surface area (Å²) in [4.78, 5) is 25.4. The molecule has 0 unspecified atom stereocenters. The van der Waals surface area contributed by atoms with E-state index in [1.54, 1.807) is 4.90 Å². The van der Waals surface area contributed by atoms with Gasteiger partial charge in [0.05, 0.1) is 0 Å². The van der Waals surface area contributed by atoms with Gasteiger partial charge in [-0.1, -0.05) is 12.1 Å². The molecule has 2 heterocycles. The van der Waals surface area contributed by atoms with Crippen LogP contribution in [0, 0.1) is 6.92 Å². The quantitative estimate of drug-likeness (QED) is 0.903. The van der Waals surface area contributed by atoms with Crippen LogP contribution in [0.15, 0.2) is 18.2 Å². The van der Waals surface area contributed by atoms with Crippen LogP contribution in [0.3, 0.4) is 0 Å². The van der Waals surface area contributed by atoms with Crippen molar-refractivity contribution in [2.24, 2.45) is 0 Å². The summed E-state index contributed by atoms with van der Waals surface area (Å²) in [5.41, 5.74) is 3.24. The molecule has 1 aromatic rings. The maximum Gasteiger partial charge on any atom is 0.332 e. The van der Waals surface area contributed by atoms with Crippen LogP contribution in [-0.4, -0.2) is 35.7 Å². The molecule has 2 aliphatic rings. The maximum atomic E-state index is 12.7. The number of ether oxygens (including phenoxy) is 1. The zero-order valence-corrected chi connectivity index (χ0v) is 12.0. The minimum absolute atomic E-state index is 0.106. The Bertz CT molecular complexity index is 584. The molecule has 5 heteroatoms. The Labute approximate surface area is 123 Å². The van der Waals surface area contributed by atoms with Gasteiger partial charge in [0.2, 0.25) is 0 Å². The molecule has 5 nitrogen and oxygen atoms in total. The van der Waals surface area contributed by atoms with Gasteiger partial charge in [-0.2, -0.15) is 0 Å². The Balaban J connectivity index is 1.81. The van der Waals surface area contributed by atoms with Gasteiger partial charge in [0.25, 0.3) is 5.91 Å². The molecule has 1 amide bonds. The number of amides is 1. The second-order valence-electron chi connectivity index (χ2n) is 5.75. The lowest BCUT2D eigenvalue weighted by Crippen LogP contribution is -2.42. The zero-order chi connectivity index (χ0) is 15.0. The summed E-state index contributed by atoms with van der Waals surface area (Å²) in [6.45, 7) is 2.68. The zero-order valence-electron chi connectivity index (χ0n) is 12.0. The van der Waals surface area contributed by atoms with Gasteiger partial charge in [0.1, 0.15) is 6.10 Å². The normalized spacial score (nSPS) is 24.7. The number of aliphatic carboxylic acids is 1. The summed E-state index contributed by atoms with van der Waals surface area (Å²) in [7, 11) is 0. The fourth-order valence-corrected chi connectivity index (χ4v) is 3.09. The molecule has 0 aliphatic carbocycles. The molecular weight excluding hydrogens is 270 g/mol. The largest absolute Gasteiger partial charge is 0.479 e. The number of carbonyl (C=O) groups excluding carboxylic acids is 1. The maximum absolute atomic E-state index is 12.7. The Morgan fingerprint density at radius 3 is 2.76 bits per heavy atom. The molecular formula is C16H19NO4. The number of carboxylic acid groups (broad SMARTS) is 1. The van der Waals surface area contributed by atoms with Crippen LogP contribution < -0.4 is 4.90 Å². The summed E-state index contributed by atoms with van der Waals surface area (Å²) in [6, 6.07) is 6.15. The number of carbonyl (C=O) groups is 2. The first-order valence-corrected chi connectivity index (χ1v) is 7.35. The Hall–Kier alpha value is -1.88. The third-order valence-electron chi connectivity index (χ3n) is 4.20. The summed E-state index contributed by atoms with van der Waals surface area (Å²) in [6.07, 6.45) is 1.31. The van der Waals surface area contributed by atoms with E-state index in [4.69, 9.17) is 9.84 Å². The van der Waals surface area contributed by atoms with E-state index in [2.05, 4.69) is 12.1 Å². The van der Waals surface area contributed by atoms with Gasteiger partial charge in [-0.15, -0.1) is 0 Å². The van der Waals surface area contributed by atoms with Crippen LogP contribution in [0.1, 0.15) is 30.4 Å². The molecule has 1 fully saturated rings. The van der Waals surface area contributed by atoms with Gasteiger partial charge >= 0.3 is 5.97 Å². The first-order chi connectivity index (χ1) is 10.1. The first kappa shape index (κ1) is 14.1. The number of aryl methyl sites for hydroxylation is 2. The lowest BCUT2D eigenvalue weighted by molar-refractivity contribution is -0.151. The van der Waals surface area contributed by atoms with Crippen molar-refractivity contribution < 1.29 is 19.4 Å². The van der Waals surface area contributed by atoms with E-state index in [1.165, 1.54) is 5.56 Å². The summed E-state index contributed by atoms with van der Waals surface area (Å²) in [5.74, 6) is -1.09. The van der Waals surface area contributed by atoms with Gasteiger partial charge in [0.15, 0.2) is 6.10 Å². The third-order valence-corrected chi connectivity index (χ3v) is 4.20.